The van der Waals surface area contributed by atoms with Gasteiger partial charge in [0.25, 0.3) is 8.53 Å². The topological polar surface area (TPSA) is 135 Å². The van der Waals surface area contributed by atoms with Gasteiger partial charge in [0.1, 0.15) is 35.0 Å². The van der Waals surface area contributed by atoms with E-state index in [1.165, 1.54) is 0 Å². The number of carbonyl (C=O) groups excluding carboxylic acids is 2. The second kappa shape index (κ2) is 15.8. The van der Waals surface area contributed by atoms with Gasteiger partial charge in [-0.1, -0.05) is 61.5 Å². The predicted molar refractivity (Wildman–Crippen MR) is 205 cm³/mol. The van der Waals surface area contributed by atoms with E-state index in [4.69, 9.17) is 28.0 Å². The third kappa shape index (κ3) is 6.78. The lowest BCUT2D eigenvalue weighted by Gasteiger charge is -2.41. The Kier molecular flexibility index (Phi) is 11.2. The van der Waals surface area contributed by atoms with Crippen LogP contribution in [0.25, 0.3) is 0 Å². The minimum atomic E-state index is -1.71. The number of ether oxygens (including phenoxy) is 4. The summed E-state index contributed by atoms with van der Waals surface area (Å²) in [5.74, 6) is 0.576. The molecule has 4 aliphatic heterocycles. The van der Waals surface area contributed by atoms with Crippen LogP contribution in [0, 0.1) is 17.2 Å². The van der Waals surface area contributed by atoms with E-state index in [1.807, 2.05) is 85.8 Å². The molecule has 0 aliphatic carbocycles. The van der Waals surface area contributed by atoms with Gasteiger partial charge in [-0.05, 0) is 68.7 Å². The molecule has 55 heavy (non-hydrogen) atoms. The molecule has 4 aliphatic rings. The lowest BCUT2D eigenvalue weighted by Crippen LogP contribution is -2.61. The van der Waals surface area contributed by atoms with Crippen molar-refractivity contribution in [3.63, 3.8) is 0 Å². The first-order valence-electron chi connectivity index (χ1n) is 18.8. The maximum absolute atomic E-state index is 13.5. The van der Waals surface area contributed by atoms with Crippen molar-refractivity contribution >= 4 is 20.5 Å². The molecule has 2 bridgehead atoms. The number of hydrogen-bond acceptors (Lipinski definition) is 11. The zero-order valence-corrected chi connectivity index (χ0v) is 33.3. The van der Waals surface area contributed by atoms with E-state index < -0.39 is 56.2 Å². The average Bonchev–Trinajstić information content (AvgIpc) is 3.73. The fourth-order valence-electron chi connectivity index (χ4n) is 8.72. The highest BCUT2D eigenvalue weighted by atomic mass is 31.2. The Hall–Kier alpha value is -4.12. The van der Waals surface area contributed by atoms with Gasteiger partial charge in [-0.15, -0.1) is 0 Å². The first kappa shape index (κ1) is 39.1. The van der Waals surface area contributed by atoms with Crippen LogP contribution in [0.15, 0.2) is 78.9 Å². The summed E-state index contributed by atoms with van der Waals surface area (Å²) < 4.78 is 41.5. The molecule has 13 nitrogen and oxygen atoms in total. The molecule has 0 spiro atoms. The first-order chi connectivity index (χ1) is 26.5. The number of amides is 3. The van der Waals surface area contributed by atoms with Gasteiger partial charge in [-0.25, -0.2) is 9.46 Å². The van der Waals surface area contributed by atoms with E-state index in [1.54, 1.807) is 19.1 Å². The molecule has 4 saturated heterocycles. The number of imide groups is 1. The monoisotopic (exact) mass is 771 g/mol. The normalized spacial score (nSPS) is 26.4. The van der Waals surface area contributed by atoms with Crippen LogP contribution in [0.2, 0.25) is 0 Å². The number of fused-ring (bicyclic) bond motifs is 4. The number of nitriles is 1. The quantitative estimate of drug-likeness (QED) is 0.105. The fourth-order valence-corrected chi connectivity index (χ4v) is 10.5. The van der Waals surface area contributed by atoms with E-state index in [2.05, 4.69) is 48.7 Å². The molecule has 292 valence electrons. The fraction of sp³-hybridized carbons (Fsp3) is 0.488. The van der Waals surface area contributed by atoms with Crippen molar-refractivity contribution in [3.8, 4) is 17.6 Å². The van der Waals surface area contributed by atoms with Crippen molar-refractivity contribution in [2.45, 2.75) is 88.9 Å². The molecule has 3 aromatic rings. The van der Waals surface area contributed by atoms with Crippen molar-refractivity contribution in [1.82, 2.24) is 19.8 Å². The SMILES string of the molecule is COc1ccc(C(OC[C@]23CN4[C@H]([C@@H](O2)N2C(=O)NC(=O)[C@H](C)[C@@H]42)[C@H]3OP(OCCC#N)N(C(C)C)C(C)C)(c2ccccc2)c2ccc(OC)cc2)cc1. The lowest BCUT2D eigenvalue weighted by atomic mass is 9.79. The van der Waals surface area contributed by atoms with Crippen LogP contribution in [0.5, 0.6) is 11.5 Å². The molecule has 1 unspecified atom stereocenters. The zero-order chi connectivity index (χ0) is 39.1. The summed E-state index contributed by atoms with van der Waals surface area (Å²) in [6.45, 7) is 10.8. The number of nitrogens with zero attached hydrogens (tertiary/aromatic N) is 4. The van der Waals surface area contributed by atoms with Crippen LogP contribution in [-0.2, 0) is 28.9 Å². The van der Waals surface area contributed by atoms with Crippen molar-refractivity contribution in [2.75, 3.05) is 34.0 Å². The average molecular weight is 772 g/mol. The van der Waals surface area contributed by atoms with E-state index in [-0.39, 0.29) is 37.6 Å². The third-order valence-electron chi connectivity index (χ3n) is 11.1. The summed E-state index contributed by atoms with van der Waals surface area (Å²) in [6, 6.07) is 27.1. The van der Waals surface area contributed by atoms with E-state index in [0.717, 1.165) is 16.7 Å². The van der Waals surface area contributed by atoms with Gasteiger partial charge in [0.15, 0.2) is 6.23 Å². The Morgan fingerprint density at radius 1 is 0.945 bits per heavy atom. The minimum absolute atomic E-state index is 0.0450. The van der Waals surface area contributed by atoms with Crippen molar-refractivity contribution in [3.05, 3.63) is 95.6 Å². The van der Waals surface area contributed by atoms with Crippen molar-refractivity contribution < 1.29 is 37.6 Å². The third-order valence-corrected chi connectivity index (χ3v) is 13.2. The van der Waals surface area contributed by atoms with Crippen LogP contribution >= 0.6 is 8.53 Å². The Morgan fingerprint density at radius 2 is 1.53 bits per heavy atom. The Balaban J connectivity index is 1.35. The van der Waals surface area contributed by atoms with Gasteiger partial charge >= 0.3 is 6.03 Å². The minimum Gasteiger partial charge on any atom is -0.497 e. The maximum Gasteiger partial charge on any atom is 0.327 e. The summed E-state index contributed by atoms with van der Waals surface area (Å²) in [5, 5.41) is 11.9. The number of nitrogens with one attached hydrogen (secondary N) is 1. The molecule has 0 aromatic heterocycles. The molecule has 4 heterocycles. The molecule has 1 N–H and O–H groups in total. The number of benzene rings is 3. The largest absolute Gasteiger partial charge is 0.497 e. The number of urea groups is 1. The number of hydrogen-bond donors (Lipinski definition) is 1. The highest BCUT2D eigenvalue weighted by Crippen LogP contribution is 2.59. The van der Waals surface area contributed by atoms with Gasteiger partial charge in [0.05, 0.1) is 51.9 Å². The van der Waals surface area contributed by atoms with Gasteiger partial charge in [0.2, 0.25) is 5.91 Å². The molecule has 3 aromatic carbocycles. The van der Waals surface area contributed by atoms with Gasteiger partial charge in [-0.2, -0.15) is 5.26 Å². The summed E-state index contributed by atoms with van der Waals surface area (Å²) >= 11 is 0. The van der Waals surface area contributed by atoms with Crippen LogP contribution in [0.1, 0.15) is 57.7 Å². The Morgan fingerprint density at radius 3 is 2.07 bits per heavy atom. The summed E-state index contributed by atoms with van der Waals surface area (Å²) in [6.07, 6.45) is -1.66. The van der Waals surface area contributed by atoms with E-state index >= 15 is 0 Å². The van der Waals surface area contributed by atoms with Crippen LogP contribution < -0.4 is 14.8 Å². The van der Waals surface area contributed by atoms with Crippen LogP contribution in [0.4, 0.5) is 4.79 Å². The smallest absolute Gasteiger partial charge is 0.327 e. The zero-order valence-electron chi connectivity index (χ0n) is 32.4. The number of rotatable bonds is 16. The van der Waals surface area contributed by atoms with Crippen molar-refractivity contribution in [2.24, 2.45) is 5.92 Å². The molecule has 0 radical (unpaired) electrons. The van der Waals surface area contributed by atoms with E-state index in [9.17, 15) is 14.9 Å². The summed E-state index contributed by atoms with van der Waals surface area (Å²) in [7, 11) is 1.56. The molecule has 7 atom stereocenters. The van der Waals surface area contributed by atoms with E-state index in [0.29, 0.717) is 18.0 Å². The molecule has 0 saturated carbocycles. The van der Waals surface area contributed by atoms with Crippen molar-refractivity contribution in [1.29, 1.82) is 5.26 Å². The second-order valence-corrected chi connectivity index (χ2v) is 16.4. The van der Waals surface area contributed by atoms with Gasteiger partial charge in [0, 0.05) is 18.6 Å². The maximum atomic E-state index is 13.5. The number of methoxy groups -OCH3 is 2. The standard InChI is InChI=1S/C41H50N5O8P/c1-26(2)46(27(3)4)55(52-23-11-22-42)54-35-34-38-45-37(28(5)36(47)43-39(45)48)44(34)24-40(35,53-38)25-51-41(29-12-9-8-10-13-29,30-14-18-32(49-6)19-15-30)31-16-20-33(50-7)21-17-31/h8-10,12-21,26-28,34-35,37-38H,11,23-25H2,1-7H3,(H,43,47,48)/t28-,34-,35+,37-,38+,40-,55?/m0/s1. The summed E-state index contributed by atoms with van der Waals surface area (Å²) in [5.41, 5.74) is 0.352. The van der Waals surface area contributed by atoms with Crippen LogP contribution in [-0.4, -0.2) is 103 Å². The first-order valence-corrected chi connectivity index (χ1v) is 19.9. The molecule has 14 heteroatoms. The molecule has 3 amide bonds. The molecular formula is C41H50N5O8P. The van der Waals surface area contributed by atoms with Crippen LogP contribution in [0.3, 0.4) is 0 Å². The van der Waals surface area contributed by atoms with Gasteiger partial charge in [-0.3, -0.25) is 19.9 Å². The Labute approximate surface area is 324 Å². The molecule has 4 fully saturated rings. The molecular weight excluding hydrogens is 721 g/mol. The predicted octanol–water partition coefficient (Wildman–Crippen LogP) is 5.98. The highest BCUT2D eigenvalue weighted by Gasteiger charge is 2.75. The highest BCUT2D eigenvalue weighted by molar-refractivity contribution is 7.44. The molecule has 7 rings (SSSR count). The Bertz CT molecular complexity index is 1820. The number of morpholine rings is 1. The lowest BCUT2D eigenvalue weighted by molar-refractivity contribution is -0.159. The van der Waals surface area contributed by atoms with Gasteiger partial charge < -0.3 is 28.0 Å². The second-order valence-electron chi connectivity index (χ2n) is 15.0. The number of carbonyl (C=O) groups is 2. The summed E-state index contributed by atoms with van der Waals surface area (Å²) in [4.78, 5) is 30.4.